The maximum atomic E-state index is 10.5. The SMILES string of the molecule is C=C.C=C.C=C.C=CC(C)OP(=O)(O)O.C=CC(C)OP(=O)(O)O.C=CC(C)OP(=O)(O)O.C=CCC(C)OP(=O)(O)O.C=CCCOP(=O)(O)O.C=CCCc1ccc(OP(=O)(O)O)cc1.C=CCOP(=O)(O)O.C=CCOP(=O)(O)O.C=CCOP(=O)(O)O.C=CCc1ccc(OP(=O)(O)O)cc1.C=CCc1ccc(OP(=O)(O)O)cc1.C=CCc1ccc(OP(=O)(O)O)cc1. The Labute approximate surface area is 773 Å². The molecule has 4 aromatic carbocycles. The van der Waals surface area contributed by atoms with E-state index in [4.69, 9.17) is 117 Å². The Hall–Kier alpha value is -6.34. The van der Waals surface area contributed by atoms with Crippen molar-refractivity contribution < 1.29 is 227 Å². The van der Waals surface area contributed by atoms with E-state index in [0.717, 1.165) is 54.4 Å². The van der Waals surface area contributed by atoms with Crippen molar-refractivity contribution in [3.05, 3.63) is 311 Å². The largest absolute Gasteiger partial charge is 0.524 e. The van der Waals surface area contributed by atoms with Crippen LogP contribution in [0, 0.1) is 0 Å². The smallest absolute Gasteiger partial charge is 0.404 e. The van der Waals surface area contributed by atoms with E-state index in [-0.39, 0.29) is 49.4 Å². The van der Waals surface area contributed by atoms with Gasteiger partial charge >= 0.3 is 93.9 Å². The highest BCUT2D eigenvalue weighted by molar-refractivity contribution is 7.49. The number of phosphoric ester groups is 12. The van der Waals surface area contributed by atoms with Gasteiger partial charge in [-0.1, -0.05) is 121 Å². The molecule has 0 saturated heterocycles. The summed E-state index contributed by atoms with van der Waals surface area (Å²) in [5.74, 6) is 0.647. The summed E-state index contributed by atoms with van der Waals surface area (Å²) in [5, 5.41) is 0. The van der Waals surface area contributed by atoms with Gasteiger partial charge in [0.2, 0.25) is 0 Å². The van der Waals surface area contributed by atoms with Crippen molar-refractivity contribution in [3.8, 4) is 23.0 Å². The first-order valence-electron chi connectivity index (χ1n) is 35.6. The average Bonchev–Trinajstić information content (AvgIpc) is 0.896. The van der Waals surface area contributed by atoms with E-state index in [1.165, 1.54) is 112 Å². The molecule has 24 N–H and O–H groups in total. The lowest BCUT2D eigenvalue weighted by molar-refractivity contribution is 0.146. The quantitative estimate of drug-likeness (QED) is 0.0111. The fourth-order valence-corrected chi connectivity index (χ4v) is 11.0. The monoisotopic (exact) mass is 2140 g/mol. The highest BCUT2D eigenvalue weighted by Gasteiger charge is 2.22. The Morgan fingerprint density at radius 2 is 0.451 bits per heavy atom. The number of hydrogen-bond donors (Lipinski definition) is 24. The zero-order valence-corrected chi connectivity index (χ0v) is 83.6. The molecule has 0 heterocycles. The zero-order valence-electron chi connectivity index (χ0n) is 72.9. The van der Waals surface area contributed by atoms with Crippen LogP contribution in [0.5, 0.6) is 23.0 Å². The molecule has 60 heteroatoms. The molecule has 4 rings (SSSR count). The second-order valence-corrected chi connectivity index (χ2v) is 36.8. The summed E-state index contributed by atoms with van der Waals surface area (Å²) in [7, 11) is -52.0. The van der Waals surface area contributed by atoms with Gasteiger partial charge in [-0.15, -0.1) is 118 Å². The maximum Gasteiger partial charge on any atom is 0.524 e. The summed E-state index contributed by atoms with van der Waals surface area (Å²) in [6.45, 7) is 64.2. The lowest BCUT2D eigenvalue weighted by Gasteiger charge is -2.10. The molecule has 0 aliphatic rings. The summed E-state index contributed by atoms with van der Waals surface area (Å²) in [6.07, 6.45) is 20.3. The Kier molecular flexibility index (Phi) is 94.2. The molecule has 766 valence electrons. The van der Waals surface area contributed by atoms with Gasteiger partial charge in [-0.3, -0.25) is 75.3 Å². The lowest BCUT2D eigenvalue weighted by atomic mass is 10.1. The molecule has 48 nitrogen and oxygen atoms in total. The Morgan fingerprint density at radius 3 is 0.586 bits per heavy atom. The third-order valence-corrected chi connectivity index (χ3v) is 17.0. The van der Waals surface area contributed by atoms with Crippen LogP contribution < -0.4 is 18.1 Å². The van der Waals surface area contributed by atoms with Gasteiger partial charge in [0.25, 0.3) is 0 Å². The Bertz CT molecular complexity index is 4110. The highest BCUT2D eigenvalue weighted by atomic mass is 31.2. The molecule has 0 fully saturated rings. The zero-order chi connectivity index (χ0) is 107. The van der Waals surface area contributed by atoms with Gasteiger partial charge in [0.15, 0.2) is 0 Å². The first-order valence-corrected chi connectivity index (χ1v) is 53.9. The Balaban J connectivity index is -0.000000136. The van der Waals surface area contributed by atoms with Crippen molar-refractivity contribution in [3.63, 3.8) is 0 Å². The topological polar surface area (TPSA) is 801 Å². The van der Waals surface area contributed by atoms with Crippen LogP contribution in [0.3, 0.4) is 0 Å². The standard InChI is InChI=1S/C10H13O4P.3C9H11O4P.C5H11O4P.4C4H9O4P.3C3H7O4P.3C2H4/c1-2-3-4-9-5-7-10(8-6-9)14-15(11,12)13;3*1-2-3-8-4-6-9(7-5-8)13-14(10,11)12;1-3-4-5(2)9-10(6,7)8;3*1-3-4(2)8-9(5,6)7;1-2-3-4-8-9(5,6)7;3*1-2-3-7-8(4,5)6;3*1-2/h2,5-8H,1,3-4H2,(H2,11,12,13);3*2,4-7H,1,3H2,(H2,10,11,12);3,5H,1,4H2,2H3,(H2,6,7,8);3*3-4H,1H2,2H3,(H2,5,6,7);2H,1,3-4H2,(H2,5,6,7);3*2H,1,3H2,(H2,4,5,6);3*1-2H2. The van der Waals surface area contributed by atoms with E-state index in [1.807, 2.05) is 6.08 Å². The molecule has 0 aliphatic heterocycles. The van der Waals surface area contributed by atoms with Gasteiger partial charge in [0.05, 0.1) is 50.8 Å². The molecule has 0 spiro atoms. The molecular weight excluding hydrogens is 2020 g/mol. The highest BCUT2D eigenvalue weighted by Crippen LogP contribution is 2.44. The minimum absolute atomic E-state index is 0.0216. The van der Waals surface area contributed by atoms with Gasteiger partial charge in [-0.05, 0) is 143 Å². The van der Waals surface area contributed by atoms with Gasteiger partial charge in [-0.2, -0.15) is 0 Å². The Morgan fingerprint density at radius 1 is 0.248 bits per heavy atom. The molecule has 0 bridgehead atoms. The van der Waals surface area contributed by atoms with Crippen molar-refractivity contribution in [2.45, 2.75) is 97.1 Å². The van der Waals surface area contributed by atoms with Crippen molar-refractivity contribution in [2.75, 3.05) is 26.4 Å². The van der Waals surface area contributed by atoms with Gasteiger partial charge < -0.3 is 96.4 Å². The summed E-state index contributed by atoms with van der Waals surface area (Å²) in [5.41, 5.74) is 4.11. The second-order valence-electron chi connectivity index (χ2n) is 22.4. The number of aryl methyl sites for hydroxylation is 1. The summed E-state index contributed by atoms with van der Waals surface area (Å²) < 4.78 is 172. The predicted octanol–water partition coefficient (Wildman–Crippen LogP) is 14.9. The third kappa shape index (κ3) is 141. The number of benzene rings is 4. The molecule has 0 aliphatic carbocycles. The minimum Gasteiger partial charge on any atom is -0.404 e. The van der Waals surface area contributed by atoms with Crippen LogP contribution in [0.4, 0.5) is 0 Å². The van der Waals surface area contributed by atoms with Crippen molar-refractivity contribution in [2.24, 2.45) is 0 Å². The molecule has 0 amide bonds. The molecular formula is C73H126O48P12. The minimum atomic E-state index is -4.44. The predicted molar refractivity (Wildman–Crippen MR) is 504 cm³/mol. The first kappa shape index (κ1) is 150. The van der Waals surface area contributed by atoms with E-state index in [0.29, 0.717) is 12.8 Å². The van der Waals surface area contributed by atoms with Crippen LogP contribution >= 0.6 is 93.9 Å². The number of phosphoric acid groups is 12. The summed E-state index contributed by atoms with van der Waals surface area (Å²) in [4.78, 5) is 198. The van der Waals surface area contributed by atoms with E-state index in [9.17, 15) is 54.8 Å². The average molecular weight is 2140 g/mol. The van der Waals surface area contributed by atoms with E-state index in [2.05, 4.69) is 173 Å². The second kappa shape index (κ2) is 83.8. The molecule has 4 unspecified atom stereocenters. The number of rotatable bonds is 43. The fourth-order valence-electron chi connectivity index (χ4n) is 6.09. The van der Waals surface area contributed by atoms with Crippen molar-refractivity contribution in [1.29, 1.82) is 0 Å². The van der Waals surface area contributed by atoms with E-state index < -0.39 is 118 Å². The molecule has 0 aromatic heterocycles. The number of hydrogen-bond acceptors (Lipinski definition) is 24. The lowest BCUT2D eigenvalue weighted by Crippen LogP contribution is -2.03. The normalized spacial score (nSPS) is 11.8. The summed E-state index contributed by atoms with van der Waals surface area (Å²) in [6, 6.07) is 26.1. The first-order chi connectivity index (χ1) is 60.6. The fraction of sp³-hybridized carbons (Fsp3) is 0.260. The molecule has 0 radical (unpaired) electrons. The number of allylic oxidation sites excluding steroid dienone is 4. The van der Waals surface area contributed by atoms with Crippen LogP contribution in [-0.2, 0) is 117 Å². The molecule has 4 atom stereocenters. The van der Waals surface area contributed by atoms with E-state index >= 15 is 0 Å². The molecule has 4 aromatic rings. The van der Waals surface area contributed by atoms with Crippen molar-refractivity contribution in [1.82, 2.24) is 0 Å². The van der Waals surface area contributed by atoms with Crippen LogP contribution in [0.2, 0.25) is 0 Å². The van der Waals surface area contributed by atoms with Gasteiger partial charge in [0.1, 0.15) is 23.0 Å². The van der Waals surface area contributed by atoms with E-state index in [1.54, 1.807) is 79.8 Å². The third-order valence-electron chi connectivity index (χ3n) is 10.8. The molecule has 133 heavy (non-hydrogen) atoms. The van der Waals surface area contributed by atoms with Crippen LogP contribution in [0.1, 0.15) is 69.2 Å². The van der Waals surface area contributed by atoms with Gasteiger partial charge in [0, 0.05) is 0 Å². The van der Waals surface area contributed by atoms with Crippen LogP contribution in [-0.4, -0.2) is 168 Å². The summed E-state index contributed by atoms with van der Waals surface area (Å²) >= 11 is 0. The van der Waals surface area contributed by atoms with Crippen LogP contribution in [0.25, 0.3) is 0 Å². The molecule has 0 saturated carbocycles. The van der Waals surface area contributed by atoms with Gasteiger partial charge in [-0.25, -0.2) is 54.8 Å². The van der Waals surface area contributed by atoms with Crippen molar-refractivity contribution >= 4 is 93.9 Å². The van der Waals surface area contributed by atoms with Crippen LogP contribution in [0.15, 0.2) is 288 Å². The maximum absolute atomic E-state index is 10.5.